The maximum Gasteiger partial charge on any atom is 0.258 e. The van der Waals surface area contributed by atoms with Gasteiger partial charge in [0.15, 0.2) is 6.61 Å². The van der Waals surface area contributed by atoms with E-state index in [-0.39, 0.29) is 47.3 Å². The van der Waals surface area contributed by atoms with Crippen LogP contribution in [0, 0.1) is 23.6 Å². The van der Waals surface area contributed by atoms with Gasteiger partial charge in [-0.25, -0.2) is 4.39 Å². The Morgan fingerprint density at radius 3 is 2.43 bits per heavy atom. The van der Waals surface area contributed by atoms with Crippen LogP contribution in [0.3, 0.4) is 0 Å². The molecule has 1 aromatic rings. The molecular formula is C28H39ClFN3O3S. The van der Waals surface area contributed by atoms with Crippen LogP contribution in [0.15, 0.2) is 18.2 Å². The van der Waals surface area contributed by atoms with Crippen molar-refractivity contribution < 1.29 is 18.7 Å². The summed E-state index contributed by atoms with van der Waals surface area (Å²) in [4.78, 5) is 26.2. The molecule has 9 heteroatoms. The molecule has 4 fully saturated rings. The van der Waals surface area contributed by atoms with E-state index in [0.717, 1.165) is 25.7 Å². The molecule has 0 bridgehead atoms. The fraction of sp³-hybridized carbons (Fsp3) is 0.714. The molecule has 37 heavy (non-hydrogen) atoms. The van der Waals surface area contributed by atoms with Crippen molar-refractivity contribution in [1.82, 2.24) is 16.0 Å². The number of benzene rings is 1. The van der Waals surface area contributed by atoms with E-state index in [9.17, 15) is 14.0 Å². The van der Waals surface area contributed by atoms with Crippen LogP contribution in [-0.2, 0) is 9.59 Å². The Labute approximate surface area is 228 Å². The van der Waals surface area contributed by atoms with E-state index in [1.807, 2.05) is 11.8 Å². The van der Waals surface area contributed by atoms with Crippen molar-refractivity contribution in [2.24, 2.45) is 17.8 Å². The van der Waals surface area contributed by atoms with Crippen molar-refractivity contribution in [3.63, 3.8) is 0 Å². The maximum absolute atomic E-state index is 13.6. The third kappa shape index (κ3) is 6.22. The van der Waals surface area contributed by atoms with Gasteiger partial charge in [-0.1, -0.05) is 44.2 Å². The molecule has 3 N–H and O–H groups in total. The molecule has 4 aliphatic rings. The van der Waals surface area contributed by atoms with Crippen LogP contribution in [0.4, 0.5) is 4.39 Å². The van der Waals surface area contributed by atoms with Crippen LogP contribution < -0.4 is 20.7 Å². The van der Waals surface area contributed by atoms with E-state index in [4.69, 9.17) is 16.3 Å². The predicted molar refractivity (Wildman–Crippen MR) is 145 cm³/mol. The first-order valence-electron chi connectivity index (χ1n) is 14.0. The van der Waals surface area contributed by atoms with Crippen molar-refractivity contribution >= 4 is 35.2 Å². The molecule has 6 nitrogen and oxygen atoms in total. The summed E-state index contributed by atoms with van der Waals surface area (Å²) < 4.78 is 19.1. The van der Waals surface area contributed by atoms with Gasteiger partial charge in [-0.3, -0.25) is 14.9 Å². The summed E-state index contributed by atoms with van der Waals surface area (Å²) in [6.45, 7) is 2.00. The summed E-state index contributed by atoms with van der Waals surface area (Å²) in [5, 5.41) is 10.8. The number of halogens is 2. The fourth-order valence-corrected chi connectivity index (χ4v) is 8.57. The molecule has 3 saturated carbocycles. The minimum absolute atomic E-state index is 0.0176. The Morgan fingerprint density at radius 2 is 1.78 bits per heavy atom. The van der Waals surface area contributed by atoms with Gasteiger partial charge >= 0.3 is 0 Å². The van der Waals surface area contributed by atoms with Crippen LogP contribution >= 0.6 is 23.4 Å². The molecular weight excluding hydrogens is 513 g/mol. The number of rotatable bonds is 8. The second kappa shape index (κ2) is 12.1. The molecule has 1 aliphatic heterocycles. The van der Waals surface area contributed by atoms with Gasteiger partial charge in [0.1, 0.15) is 11.6 Å². The predicted octanol–water partition coefficient (Wildman–Crippen LogP) is 5.04. The lowest BCUT2D eigenvalue weighted by atomic mass is 9.73. The highest BCUT2D eigenvalue weighted by molar-refractivity contribution is 8.00. The molecule has 0 spiro atoms. The monoisotopic (exact) mass is 551 g/mol. The van der Waals surface area contributed by atoms with Gasteiger partial charge in [-0.05, 0) is 68.4 Å². The Bertz CT molecular complexity index is 976. The second-order valence-corrected chi connectivity index (χ2v) is 13.0. The van der Waals surface area contributed by atoms with Crippen molar-refractivity contribution in [3.8, 4) is 5.75 Å². The van der Waals surface area contributed by atoms with Crippen LogP contribution in [0.2, 0.25) is 5.02 Å². The summed E-state index contributed by atoms with van der Waals surface area (Å²) in [7, 11) is 0. The molecule has 1 aromatic carbocycles. The average Bonchev–Trinajstić information content (AvgIpc) is 3.24. The average molecular weight is 552 g/mol. The number of hydrogen-bond donors (Lipinski definition) is 3. The largest absolute Gasteiger partial charge is 0.484 e. The van der Waals surface area contributed by atoms with Gasteiger partial charge in [0, 0.05) is 23.4 Å². The lowest BCUT2D eigenvalue weighted by Gasteiger charge is -2.37. The summed E-state index contributed by atoms with van der Waals surface area (Å²) >= 11 is 7.68. The Hall–Kier alpha value is -1.51. The summed E-state index contributed by atoms with van der Waals surface area (Å²) in [6.07, 6.45) is 11.5. The lowest BCUT2D eigenvalue weighted by Crippen LogP contribution is -2.53. The molecule has 5 rings (SSSR count). The number of hydrogen-bond acceptors (Lipinski definition) is 5. The molecule has 2 amide bonds. The third-order valence-corrected chi connectivity index (χ3v) is 11.0. The van der Waals surface area contributed by atoms with E-state index >= 15 is 0 Å². The first-order valence-corrected chi connectivity index (χ1v) is 15.3. The number of carbonyl (C=O) groups excluding carboxylic acids is 2. The lowest BCUT2D eigenvalue weighted by molar-refractivity contribution is -0.125. The minimum Gasteiger partial charge on any atom is -0.484 e. The SMILES string of the molecule is CCC1NC(C(=O)NC2C[C@H](NC(=O)COc3ccc(Cl)c(F)c3)C3CCC23)C(C2CCCCCC2)S1. The van der Waals surface area contributed by atoms with Gasteiger partial charge in [0.2, 0.25) is 5.91 Å². The molecule has 3 aliphatic carbocycles. The first-order chi connectivity index (χ1) is 17.9. The number of nitrogens with one attached hydrogen (secondary N) is 3. The van der Waals surface area contributed by atoms with E-state index in [1.165, 1.54) is 50.7 Å². The third-order valence-electron chi connectivity index (χ3n) is 8.89. The fourth-order valence-electron chi connectivity index (χ4n) is 6.81. The molecule has 1 saturated heterocycles. The van der Waals surface area contributed by atoms with Crippen molar-refractivity contribution in [1.29, 1.82) is 0 Å². The number of fused-ring (bicyclic) bond motifs is 1. The molecule has 0 aromatic heterocycles. The number of thioether (sulfide) groups is 1. The van der Waals surface area contributed by atoms with E-state index < -0.39 is 5.82 Å². The van der Waals surface area contributed by atoms with Crippen LogP contribution in [0.25, 0.3) is 0 Å². The van der Waals surface area contributed by atoms with Crippen LogP contribution in [-0.4, -0.2) is 47.2 Å². The highest BCUT2D eigenvalue weighted by Crippen LogP contribution is 2.47. The smallest absolute Gasteiger partial charge is 0.258 e. The summed E-state index contributed by atoms with van der Waals surface area (Å²) in [6, 6.07) is 4.11. The molecule has 0 radical (unpaired) electrons. The Kier molecular flexibility index (Phi) is 8.87. The second-order valence-electron chi connectivity index (χ2n) is 11.2. The van der Waals surface area contributed by atoms with Crippen molar-refractivity contribution in [3.05, 3.63) is 29.0 Å². The molecule has 7 atom stereocenters. The Morgan fingerprint density at radius 1 is 1.08 bits per heavy atom. The van der Waals surface area contributed by atoms with Gasteiger partial charge in [-0.15, -0.1) is 11.8 Å². The first kappa shape index (κ1) is 27.1. The van der Waals surface area contributed by atoms with E-state index in [0.29, 0.717) is 28.4 Å². The molecule has 204 valence electrons. The molecule has 1 heterocycles. The van der Waals surface area contributed by atoms with E-state index in [1.54, 1.807) is 6.07 Å². The van der Waals surface area contributed by atoms with Crippen LogP contribution in [0.5, 0.6) is 5.75 Å². The minimum atomic E-state index is -0.576. The molecule has 6 unspecified atom stereocenters. The highest BCUT2D eigenvalue weighted by Gasteiger charge is 2.51. The number of ether oxygens (including phenoxy) is 1. The standard InChI is InChI=1S/C28H39ClFN3O3S/c1-2-25-33-26(27(37-25)16-7-5-3-4-6-8-16)28(35)32-23-14-22(18-10-11-19(18)23)31-24(34)15-36-17-9-12-20(29)21(30)13-17/h9,12-13,16,18-19,22-23,25-27,33H,2-8,10-11,14-15H2,1H3,(H,31,34)(H,32,35)/t18?,19?,22-,23?,25?,26?,27?/m0/s1. The number of amides is 2. The van der Waals surface area contributed by atoms with Crippen molar-refractivity contribution in [2.45, 2.75) is 99.9 Å². The zero-order valence-electron chi connectivity index (χ0n) is 21.5. The number of carbonyl (C=O) groups is 2. The zero-order chi connectivity index (χ0) is 25.9. The van der Waals surface area contributed by atoms with Gasteiger partial charge in [0.25, 0.3) is 5.91 Å². The normalized spacial score (nSPS) is 33.8. The van der Waals surface area contributed by atoms with Gasteiger partial charge < -0.3 is 15.4 Å². The topological polar surface area (TPSA) is 79.5 Å². The summed E-state index contributed by atoms with van der Waals surface area (Å²) in [5.41, 5.74) is 0. The van der Waals surface area contributed by atoms with Crippen LogP contribution in [0.1, 0.15) is 71.1 Å². The van der Waals surface area contributed by atoms with E-state index in [2.05, 4.69) is 22.9 Å². The van der Waals surface area contributed by atoms with Crippen molar-refractivity contribution in [2.75, 3.05) is 6.61 Å². The van der Waals surface area contributed by atoms with Gasteiger partial charge in [0.05, 0.1) is 16.4 Å². The highest BCUT2D eigenvalue weighted by atomic mass is 35.5. The maximum atomic E-state index is 13.6. The summed E-state index contributed by atoms with van der Waals surface area (Å²) in [5.74, 6) is 0.994. The Balaban J connectivity index is 1.15. The zero-order valence-corrected chi connectivity index (χ0v) is 23.1. The quantitative estimate of drug-likeness (QED) is 0.395. The van der Waals surface area contributed by atoms with Gasteiger partial charge in [-0.2, -0.15) is 0 Å².